The molecule has 0 aromatic heterocycles. The molecule has 80 valence electrons. The Morgan fingerprint density at radius 3 is 2.08 bits per heavy atom. The predicted molar refractivity (Wildman–Crippen MR) is 51.8 cm³/mol. The molecule has 0 heterocycles. The fraction of sp³-hybridized carbons (Fsp3) is 1.00. The molecule has 4 heteroatoms. The zero-order valence-electron chi connectivity index (χ0n) is 9.24. The van der Waals surface area contributed by atoms with Gasteiger partial charge in [-0.1, -0.05) is 0 Å². The summed E-state index contributed by atoms with van der Waals surface area (Å²) in [5.74, 6) is 0. The predicted octanol–water partition coefficient (Wildman–Crippen LogP) is 0.572. The van der Waals surface area contributed by atoms with Gasteiger partial charge in [-0.2, -0.15) is 0 Å². The first-order valence-corrected chi connectivity index (χ1v) is 4.40. The van der Waals surface area contributed by atoms with E-state index in [4.69, 9.17) is 14.2 Å². The summed E-state index contributed by atoms with van der Waals surface area (Å²) in [6.07, 6.45) is -0.163. The summed E-state index contributed by atoms with van der Waals surface area (Å²) < 4.78 is 15.2. The Labute approximate surface area is 80.8 Å². The number of ether oxygens (including phenoxy) is 3. The van der Waals surface area contributed by atoms with E-state index in [1.165, 1.54) is 0 Å². The molecule has 0 N–H and O–H groups in total. The van der Waals surface area contributed by atoms with E-state index in [-0.39, 0.29) is 6.29 Å². The van der Waals surface area contributed by atoms with E-state index < -0.39 is 0 Å². The topological polar surface area (TPSA) is 30.9 Å². The van der Waals surface area contributed by atoms with E-state index in [9.17, 15) is 0 Å². The van der Waals surface area contributed by atoms with Crippen molar-refractivity contribution in [1.29, 1.82) is 0 Å². The number of hydrogen-bond acceptors (Lipinski definition) is 4. The lowest BCUT2D eigenvalue weighted by Gasteiger charge is -2.27. The summed E-state index contributed by atoms with van der Waals surface area (Å²) >= 11 is 0. The van der Waals surface area contributed by atoms with Crippen LogP contribution >= 0.6 is 0 Å². The van der Waals surface area contributed by atoms with E-state index in [1.807, 2.05) is 7.05 Å². The van der Waals surface area contributed by atoms with Crippen molar-refractivity contribution in [3.8, 4) is 0 Å². The average molecular weight is 191 g/mol. The third-order valence-corrected chi connectivity index (χ3v) is 2.12. The maximum Gasteiger partial charge on any atom is 0.169 e. The highest BCUT2D eigenvalue weighted by atomic mass is 16.7. The Bertz CT molecular complexity index is 117. The minimum Gasteiger partial charge on any atom is -0.383 e. The van der Waals surface area contributed by atoms with Crippen LogP contribution in [-0.4, -0.2) is 58.8 Å². The van der Waals surface area contributed by atoms with Gasteiger partial charge in [-0.25, -0.2) is 0 Å². The molecule has 0 aliphatic carbocycles. The first kappa shape index (κ1) is 12.8. The summed E-state index contributed by atoms with van der Waals surface area (Å²) in [6.45, 7) is 3.57. The van der Waals surface area contributed by atoms with Crippen LogP contribution < -0.4 is 0 Å². The summed E-state index contributed by atoms with van der Waals surface area (Å²) in [5, 5.41) is 0. The van der Waals surface area contributed by atoms with Gasteiger partial charge in [-0.05, 0) is 14.0 Å². The van der Waals surface area contributed by atoms with E-state index >= 15 is 0 Å². The van der Waals surface area contributed by atoms with Crippen molar-refractivity contribution in [2.24, 2.45) is 0 Å². The molecule has 0 aromatic rings. The number of nitrogens with zero attached hydrogens (tertiary/aromatic N) is 1. The molecule has 0 aliphatic rings. The van der Waals surface area contributed by atoms with Crippen molar-refractivity contribution in [2.75, 3.05) is 41.5 Å². The maximum absolute atomic E-state index is 5.09. The average Bonchev–Trinajstić information content (AvgIpc) is 2.14. The lowest BCUT2D eigenvalue weighted by Crippen LogP contribution is -2.39. The van der Waals surface area contributed by atoms with Crippen LogP contribution in [0.4, 0.5) is 0 Å². The molecular weight excluding hydrogens is 170 g/mol. The lowest BCUT2D eigenvalue weighted by atomic mass is 10.3. The van der Waals surface area contributed by atoms with Crippen LogP contribution in [0.5, 0.6) is 0 Å². The highest BCUT2D eigenvalue weighted by Crippen LogP contribution is 2.00. The SMILES string of the molecule is COCC(C)N(C)CC(OC)OC. The van der Waals surface area contributed by atoms with Gasteiger partial charge in [0.25, 0.3) is 0 Å². The molecule has 0 aliphatic heterocycles. The quantitative estimate of drug-likeness (QED) is 0.551. The number of rotatable bonds is 7. The van der Waals surface area contributed by atoms with Gasteiger partial charge in [0.05, 0.1) is 6.61 Å². The molecular formula is C9H21NO3. The van der Waals surface area contributed by atoms with Crippen molar-refractivity contribution in [3.63, 3.8) is 0 Å². The second-order valence-corrected chi connectivity index (χ2v) is 3.14. The zero-order valence-corrected chi connectivity index (χ0v) is 9.24. The molecule has 13 heavy (non-hydrogen) atoms. The third kappa shape index (κ3) is 5.21. The molecule has 0 amide bonds. The molecule has 0 saturated carbocycles. The molecule has 0 saturated heterocycles. The van der Waals surface area contributed by atoms with Gasteiger partial charge in [0.15, 0.2) is 6.29 Å². The van der Waals surface area contributed by atoms with Gasteiger partial charge in [-0.15, -0.1) is 0 Å². The highest BCUT2D eigenvalue weighted by Gasteiger charge is 2.14. The van der Waals surface area contributed by atoms with E-state index in [0.717, 1.165) is 13.2 Å². The molecule has 0 bridgehead atoms. The molecule has 4 nitrogen and oxygen atoms in total. The third-order valence-electron chi connectivity index (χ3n) is 2.12. The first-order chi connectivity index (χ1) is 6.15. The van der Waals surface area contributed by atoms with Crippen molar-refractivity contribution in [3.05, 3.63) is 0 Å². The molecule has 0 aromatic carbocycles. The summed E-state index contributed by atoms with van der Waals surface area (Å²) in [5.41, 5.74) is 0. The number of methoxy groups -OCH3 is 3. The van der Waals surface area contributed by atoms with E-state index in [0.29, 0.717) is 6.04 Å². The minimum atomic E-state index is -0.163. The maximum atomic E-state index is 5.09. The van der Waals surface area contributed by atoms with E-state index in [1.54, 1.807) is 21.3 Å². The Hall–Kier alpha value is -0.160. The molecule has 0 radical (unpaired) electrons. The van der Waals surface area contributed by atoms with Crippen molar-refractivity contribution in [2.45, 2.75) is 19.3 Å². The molecule has 1 atom stereocenters. The van der Waals surface area contributed by atoms with Gasteiger partial charge in [0.2, 0.25) is 0 Å². The smallest absolute Gasteiger partial charge is 0.169 e. The molecule has 0 rings (SSSR count). The van der Waals surface area contributed by atoms with Crippen LogP contribution in [0.3, 0.4) is 0 Å². The Morgan fingerprint density at radius 2 is 1.69 bits per heavy atom. The highest BCUT2D eigenvalue weighted by molar-refractivity contribution is 4.63. The molecule has 0 spiro atoms. The normalized spacial score (nSPS) is 14.1. The van der Waals surface area contributed by atoms with E-state index in [2.05, 4.69) is 11.8 Å². The summed E-state index contributed by atoms with van der Waals surface area (Å²) in [4.78, 5) is 2.14. The van der Waals surface area contributed by atoms with Gasteiger partial charge in [0, 0.05) is 33.9 Å². The van der Waals surface area contributed by atoms with Crippen LogP contribution in [-0.2, 0) is 14.2 Å². The van der Waals surface area contributed by atoms with Gasteiger partial charge >= 0.3 is 0 Å². The van der Waals surface area contributed by atoms with Gasteiger partial charge in [0.1, 0.15) is 0 Å². The summed E-state index contributed by atoms with van der Waals surface area (Å²) in [6, 6.07) is 0.373. The van der Waals surface area contributed by atoms with Crippen LogP contribution in [0, 0.1) is 0 Å². The van der Waals surface area contributed by atoms with Crippen LogP contribution in [0.25, 0.3) is 0 Å². The minimum absolute atomic E-state index is 0.163. The second kappa shape index (κ2) is 7.26. The second-order valence-electron chi connectivity index (χ2n) is 3.14. The monoisotopic (exact) mass is 191 g/mol. The Balaban J connectivity index is 3.75. The first-order valence-electron chi connectivity index (χ1n) is 4.40. The standard InChI is InChI=1S/C9H21NO3/c1-8(7-11-3)10(2)6-9(12-4)13-5/h8-9H,6-7H2,1-5H3. The fourth-order valence-electron chi connectivity index (χ4n) is 1.03. The van der Waals surface area contributed by atoms with Gasteiger partial charge in [-0.3, -0.25) is 4.90 Å². The largest absolute Gasteiger partial charge is 0.383 e. The summed E-state index contributed by atoms with van der Waals surface area (Å²) in [7, 11) is 7.01. The molecule has 0 fully saturated rings. The van der Waals surface area contributed by atoms with Crippen LogP contribution in [0.15, 0.2) is 0 Å². The number of hydrogen-bond donors (Lipinski definition) is 0. The zero-order chi connectivity index (χ0) is 10.3. The van der Waals surface area contributed by atoms with Crippen molar-refractivity contribution >= 4 is 0 Å². The van der Waals surface area contributed by atoms with Crippen molar-refractivity contribution < 1.29 is 14.2 Å². The fourth-order valence-corrected chi connectivity index (χ4v) is 1.03. The lowest BCUT2D eigenvalue weighted by molar-refractivity contribution is -0.118. The van der Waals surface area contributed by atoms with Crippen LogP contribution in [0.2, 0.25) is 0 Å². The van der Waals surface area contributed by atoms with Crippen LogP contribution in [0.1, 0.15) is 6.92 Å². The van der Waals surface area contributed by atoms with Crippen molar-refractivity contribution in [1.82, 2.24) is 4.90 Å². The Kier molecular flexibility index (Phi) is 7.17. The van der Waals surface area contributed by atoms with Gasteiger partial charge < -0.3 is 14.2 Å². The number of likely N-dealkylation sites (N-methyl/N-ethyl adjacent to an activating group) is 1. The Morgan fingerprint density at radius 1 is 1.15 bits per heavy atom. The molecule has 1 unspecified atom stereocenters.